The van der Waals surface area contributed by atoms with Crippen molar-refractivity contribution in [2.75, 3.05) is 13.1 Å². The largest absolute Gasteiger partial charge is 0.451 e. The Balaban J connectivity index is 1.75. The van der Waals surface area contributed by atoms with Gasteiger partial charge in [-0.2, -0.15) is 0 Å². The quantitative estimate of drug-likeness (QED) is 0.784. The molecule has 0 N–H and O–H groups in total. The standard InChI is InChI=1S/C12H18N2O2/c1-10-4-6-14(7-5-10)12(15)3-2-11-8-16-9-13-11/h8-10H,2-7H2,1H3. The van der Waals surface area contributed by atoms with E-state index in [4.69, 9.17) is 4.42 Å². The smallest absolute Gasteiger partial charge is 0.222 e. The molecule has 0 saturated carbocycles. The topological polar surface area (TPSA) is 46.3 Å². The van der Waals surface area contributed by atoms with Gasteiger partial charge in [-0.3, -0.25) is 4.79 Å². The van der Waals surface area contributed by atoms with E-state index in [1.807, 2.05) is 4.90 Å². The Bertz CT molecular complexity index is 327. The molecule has 2 rings (SSSR count). The Morgan fingerprint density at radius 3 is 2.94 bits per heavy atom. The molecule has 4 heteroatoms. The second kappa shape index (κ2) is 5.14. The number of hydrogen-bond donors (Lipinski definition) is 0. The van der Waals surface area contributed by atoms with Gasteiger partial charge in [0, 0.05) is 25.9 Å². The van der Waals surface area contributed by atoms with Crippen molar-refractivity contribution in [3.05, 3.63) is 18.4 Å². The molecule has 2 heterocycles. The van der Waals surface area contributed by atoms with Crippen LogP contribution in [-0.2, 0) is 11.2 Å². The van der Waals surface area contributed by atoms with Gasteiger partial charge in [0.25, 0.3) is 0 Å². The lowest BCUT2D eigenvalue weighted by molar-refractivity contribution is -0.132. The zero-order valence-electron chi connectivity index (χ0n) is 9.69. The van der Waals surface area contributed by atoms with Crippen LogP contribution in [0.2, 0.25) is 0 Å². The molecule has 1 fully saturated rings. The molecule has 0 bridgehead atoms. The van der Waals surface area contributed by atoms with Crippen LogP contribution >= 0.6 is 0 Å². The lowest BCUT2D eigenvalue weighted by Gasteiger charge is -2.30. The summed E-state index contributed by atoms with van der Waals surface area (Å²) in [5.74, 6) is 1.01. The van der Waals surface area contributed by atoms with E-state index in [0.29, 0.717) is 12.8 Å². The van der Waals surface area contributed by atoms with E-state index in [2.05, 4.69) is 11.9 Å². The maximum atomic E-state index is 11.9. The molecule has 0 aliphatic carbocycles. The van der Waals surface area contributed by atoms with Gasteiger partial charge in [-0.05, 0) is 18.8 Å². The van der Waals surface area contributed by atoms with E-state index in [-0.39, 0.29) is 5.91 Å². The zero-order valence-corrected chi connectivity index (χ0v) is 9.69. The summed E-state index contributed by atoms with van der Waals surface area (Å²) in [7, 11) is 0. The molecule has 4 nitrogen and oxygen atoms in total. The molecule has 1 aliphatic heterocycles. The van der Waals surface area contributed by atoms with Crippen molar-refractivity contribution < 1.29 is 9.21 Å². The number of nitrogens with zero attached hydrogens (tertiary/aromatic N) is 2. The summed E-state index contributed by atoms with van der Waals surface area (Å²) in [4.78, 5) is 17.8. The number of amides is 1. The molecule has 16 heavy (non-hydrogen) atoms. The van der Waals surface area contributed by atoms with E-state index in [1.165, 1.54) is 6.39 Å². The lowest BCUT2D eigenvalue weighted by atomic mass is 9.99. The molecule has 0 aromatic carbocycles. The van der Waals surface area contributed by atoms with Crippen molar-refractivity contribution in [1.82, 2.24) is 9.88 Å². The minimum atomic E-state index is 0.245. The Kier molecular flexibility index (Phi) is 3.59. The van der Waals surface area contributed by atoms with Gasteiger partial charge >= 0.3 is 0 Å². The third-order valence-electron chi connectivity index (χ3n) is 3.21. The average molecular weight is 222 g/mol. The van der Waals surface area contributed by atoms with E-state index < -0.39 is 0 Å². The number of carbonyl (C=O) groups excluding carboxylic acids is 1. The average Bonchev–Trinajstić information content (AvgIpc) is 2.80. The first-order valence-corrected chi connectivity index (χ1v) is 5.90. The van der Waals surface area contributed by atoms with Crippen molar-refractivity contribution in [1.29, 1.82) is 0 Å². The molecule has 1 saturated heterocycles. The number of aromatic nitrogens is 1. The van der Waals surface area contributed by atoms with E-state index in [0.717, 1.165) is 37.5 Å². The number of aryl methyl sites for hydroxylation is 1. The highest BCUT2D eigenvalue weighted by atomic mass is 16.3. The highest BCUT2D eigenvalue weighted by molar-refractivity contribution is 5.76. The summed E-state index contributed by atoms with van der Waals surface area (Å²) in [6.07, 6.45) is 6.50. The van der Waals surface area contributed by atoms with Gasteiger partial charge in [0.2, 0.25) is 5.91 Å². The minimum absolute atomic E-state index is 0.245. The minimum Gasteiger partial charge on any atom is -0.451 e. The van der Waals surface area contributed by atoms with Crippen LogP contribution < -0.4 is 0 Å². The van der Waals surface area contributed by atoms with Crippen LogP contribution in [0.5, 0.6) is 0 Å². The van der Waals surface area contributed by atoms with E-state index >= 15 is 0 Å². The van der Waals surface area contributed by atoms with Gasteiger partial charge in [-0.1, -0.05) is 6.92 Å². The molecule has 0 atom stereocenters. The monoisotopic (exact) mass is 222 g/mol. The normalized spacial score (nSPS) is 17.7. The van der Waals surface area contributed by atoms with Crippen molar-refractivity contribution in [2.24, 2.45) is 5.92 Å². The van der Waals surface area contributed by atoms with Crippen molar-refractivity contribution in [2.45, 2.75) is 32.6 Å². The maximum absolute atomic E-state index is 11.9. The molecule has 1 aliphatic rings. The van der Waals surface area contributed by atoms with Crippen LogP contribution in [-0.4, -0.2) is 28.9 Å². The lowest BCUT2D eigenvalue weighted by Crippen LogP contribution is -2.38. The Labute approximate surface area is 95.6 Å². The third kappa shape index (κ3) is 2.84. The van der Waals surface area contributed by atoms with Gasteiger partial charge in [0.15, 0.2) is 6.39 Å². The first-order chi connectivity index (χ1) is 7.75. The number of oxazole rings is 1. The summed E-state index contributed by atoms with van der Waals surface area (Å²) in [6.45, 7) is 4.08. The number of carbonyl (C=O) groups is 1. The van der Waals surface area contributed by atoms with Crippen LogP contribution in [0.15, 0.2) is 17.1 Å². The van der Waals surface area contributed by atoms with Crippen LogP contribution in [0.4, 0.5) is 0 Å². The molecule has 0 spiro atoms. The van der Waals surface area contributed by atoms with Crippen LogP contribution in [0.3, 0.4) is 0 Å². The molecule has 1 amide bonds. The molecule has 0 radical (unpaired) electrons. The predicted molar refractivity (Wildman–Crippen MR) is 59.8 cm³/mol. The Hall–Kier alpha value is -1.32. The van der Waals surface area contributed by atoms with Crippen molar-refractivity contribution >= 4 is 5.91 Å². The fourth-order valence-electron chi connectivity index (χ4n) is 2.01. The van der Waals surface area contributed by atoms with Crippen molar-refractivity contribution in [3.8, 4) is 0 Å². The number of hydrogen-bond acceptors (Lipinski definition) is 3. The van der Waals surface area contributed by atoms with Crippen LogP contribution in [0.1, 0.15) is 31.9 Å². The van der Waals surface area contributed by atoms with Gasteiger partial charge < -0.3 is 9.32 Å². The van der Waals surface area contributed by atoms with Gasteiger partial charge in [0.1, 0.15) is 6.26 Å². The third-order valence-corrected chi connectivity index (χ3v) is 3.21. The Morgan fingerprint density at radius 1 is 1.56 bits per heavy atom. The summed E-state index contributed by atoms with van der Waals surface area (Å²) >= 11 is 0. The summed E-state index contributed by atoms with van der Waals surface area (Å²) in [5.41, 5.74) is 0.860. The van der Waals surface area contributed by atoms with Crippen LogP contribution in [0.25, 0.3) is 0 Å². The van der Waals surface area contributed by atoms with Crippen LogP contribution in [0, 0.1) is 5.92 Å². The van der Waals surface area contributed by atoms with Crippen molar-refractivity contribution in [3.63, 3.8) is 0 Å². The highest BCUT2D eigenvalue weighted by Gasteiger charge is 2.19. The second-order valence-electron chi connectivity index (χ2n) is 4.54. The Morgan fingerprint density at radius 2 is 2.31 bits per heavy atom. The molecular weight excluding hydrogens is 204 g/mol. The summed E-state index contributed by atoms with van der Waals surface area (Å²) in [5, 5.41) is 0. The van der Waals surface area contributed by atoms with E-state index in [1.54, 1.807) is 6.26 Å². The first kappa shape index (κ1) is 11.2. The van der Waals surface area contributed by atoms with Gasteiger partial charge in [-0.15, -0.1) is 0 Å². The number of likely N-dealkylation sites (tertiary alicyclic amines) is 1. The second-order valence-corrected chi connectivity index (χ2v) is 4.54. The fraction of sp³-hybridized carbons (Fsp3) is 0.667. The molecule has 0 unspecified atom stereocenters. The first-order valence-electron chi connectivity index (χ1n) is 5.90. The zero-order chi connectivity index (χ0) is 11.4. The summed E-state index contributed by atoms with van der Waals surface area (Å²) < 4.78 is 4.87. The van der Waals surface area contributed by atoms with Gasteiger partial charge in [-0.25, -0.2) is 4.98 Å². The van der Waals surface area contributed by atoms with Gasteiger partial charge in [0.05, 0.1) is 5.69 Å². The molecule has 1 aromatic heterocycles. The number of rotatable bonds is 3. The van der Waals surface area contributed by atoms with E-state index in [9.17, 15) is 4.79 Å². The SMILES string of the molecule is CC1CCN(C(=O)CCc2cocn2)CC1. The summed E-state index contributed by atoms with van der Waals surface area (Å²) in [6, 6.07) is 0. The predicted octanol–water partition coefficient (Wildman–Crippen LogP) is 1.87. The highest BCUT2D eigenvalue weighted by Crippen LogP contribution is 2.16. The molecule has 1 aromatic rings. The molecule has 88 valence electrons. The maximum Gasteiger partial charge on any atom is 0.222 e. The fourth-order valence-corrected chi connectivity index (χ4v) is 2.01. The molecular formula is C12H18N2O2. The number of piperidine rings is 1.